The molecule has 3 aromatic rings. The van der Waals surface area contributed by atoms with Gasteiger partial charge in [0.25, 0.3) is 0 Å². The highest BCUT2D eigenvalue weighted by Gasteiger charge is 2.40. The standard InChI is InChI=1S/C29H31FN2O4/c1-17(29(33)36-31)28(20-8-9-20)21-10-13-27-25(14-21)32(2)26(16-35-27)19-6-4-18(5-7-19)23-15-22(34-3)11-12-24(23)30/h4-7,10-15,17,20,26,28H,8-9,16,31H2,1-3H3/t17-,26?,28-/m0/s1. The number of carbonyl (C=O) groups excluding carboxylic acids is 1. The van der Waals surface area contributed by atoms with Gasteiger partial charge in [-0.05, 0) is 71.7 Å². The van der Waals surface area contributed by atoms with Crippen LogP contribution in [0.2, 0.25) is 0 Å². The molecule has 3 atom stereocenters. The number of benzene rings is 3. The van der Waals surface area contributed by atoms with Gasteiger partial charge in [-0.15, -0.1) is 0 Å². The van der Waals surface area contributed by atoms with E-state index in [1.165, 1.54) is 6.07 Å². The second-order valence-electron chi connectivity index (χ2n) is 9.72. The molecule has 0 radical (unpaired) electrons. The van der Waals surface area contributed by atoms with Gasteiger partial charge in [0.2, 0.25) is 0 Å². The fourth-order valence-electron chi connectivity index (χ4n) is 5.32. The van der Waals surface area contributed by atoms with Crippen LogP contribution in [0, 0.1) is 17.7 Å². The first-order chi connectivity index (χ1) is 17.4. The van der Waals surface area contributed by atoms with E-state index in [0.29, 0.717) is 23.8 Å². The number of anilines is 1. The van der Waals surface area contributed by atoms with Gasteiger partial charge in [-0.3, -0.25) is 4.79 Å². The molecule has 0 amide bonds. The number of nitrogens with two attached hydrogens (primary N) is 1. The van der Waals surface area contributed by atoms with E-state index >= 15 is 0 Å². The Hall–Kier alpha value is -3.58. The minimum Gasteiger partial charge on any atom is -0.497 e. The molecule has 2 aliphatic rings. The molecule has 1 fully saturated rings. The molecule has 1 heterocycles. The summed E-state index contributed by atoms with van der Waals surface area (Å²) in [7, 11) is 3.62. The first-order valence-electron chi connectivity index (χ1n) is 12.2. The van der Waals surface area contributed by atoms with Crippen LogP contribution < -0.4 is 20.3 Å². The third kappa shape index (κ3) is 4.51. The Bertz CT molecular complexity index is 1260. The maximum atomic E-state index is 14.4. The summed E-state index contributed by atoms with van der Waals surface area (Å²) >= 11 is 0. The number of methoxy groups -OCH3 is 1. The van der Waals surface area contributed by atoms with Gasteiger partial charge in [0.05, 0.1) is 24.8 Å². The molecule has 2 N–H and O–H groups in total. The zero-order chi connectivity index (χ0) is 25.4. The van der Waals surface area contributed by atoms with Crippen LogP contribution in [0.1, 0.15) is 42.9 Å². The molecule has 6 nitrogen and oxygen atoms in total. The molecule has 1 aliphatic heterocycles. The minimum absolute atomic E-state index is 0.0113. The van der Waals surface area contributed by atoms with Crippen LogP contribution in [-0.4, -0.2) is 26.7 Å². The van der Waals surface area contributed by atoms with Crippen LogP contribution in [-0.2, 0) is 9.63 Å². The van der Waals surface area contributed by atoms with Crippen molar-refractivity contribution in [2.75, 3.05) is 25.7 Å². The first-order valence-corrected chi connectivity index (χ1v) is 12.2. The molecule has 1 unspecified atom stereocenters. The van der Waals surface area contributed by atoms with Crippen LogP contribution in [0.25, 0.3) is 11.1 Å². The zero-order valence-corrected chi connectivity index (χ0v) is 20.7. The van der Waals surface area contributed by atoms with E-state index in [2.05, 4.69) is 22.9 Å². The molecule has 1 aliphatic carbocycles. The number of hydrogen-bond acceptors (Lipinski definition) is 6. The van der Waals surface area contributed by atoms with E-state index in [1.807, 2.05) is 43.3 Å². The molecule has 188 valence electrons. The van der Waals surface area contributed by atoms with Crippen molar-refractivity contribution in [1.82, 2.24) is 0 Å². The summed E-state index contributed by atoms with van der Waals surface area (Å²) in [4.78, 5) is 19.0. The number of carbonyl (C=O) groups is 1. The first kappa shape index (κ1) is 24.1. The maximum Gasteiger partial charge on any atom is 0.327 e. The van der Waals surface area contributed by atoms with Gasteiger partial charge >= 0.3 is 5.97 Å². The molecule has 0 bridgehead atoms. The molecule has 5 rings (SSSR count). The van der Waals surface area contributed by atoms with Crippen molar-refractivity contribution in [3.8, 4) is 22.6 Å². The van der Waals surface area contributed by atoms with E-state index in [0.717, 1.165) is 41.0 Å². The Labute approximate surface area is 210 Å². The number of nitrogens with zero attached hydrogens (tertiary/aromatic N) is 1. The third-order valence-corrected chi connectivity index (χ3v) is 7.55. The van der Waals surface area contributed by atoms with Crippen molar-refractivity contribution in [1.29, 1.82) is 0 Å². The summed E-state index contributed by atoms with van der Waals surface area (Å²) in [5, 5.41) is 0. The van der Waals surface area contributed by atoms with E-state index in [1.54, 1.807) is 19.2 Å². The van der Waals surface area contributed by atoms with Crippen LogP contribution >= 0.6 is 0 Å². The topological polar surface area (TPSA) is 74.0 Å². The Morgan fingerprint density at radius 2 is 1.86 bits per heavy atom. The van der Waals surface area contributed by atoms with Gasteiger partial charge in [-0.25, -0.2) is 4.39 Å². The van der Waals surface area contributed by atoms with Crippen LogP contribution in [0.15, 0.2) is 60.7 Å². The lowest BCUT2D eigenvalue weighted by molar-refractivity contribution is -0.149. The molecule has 7 heteroatoms. The van der Waals surface area contributed by atoms with Crippen molar-refractivity contribution in [2.24, 2.45) is 17.7 Å². The molecular weight excluding hydrogens is 459 g/mol. The smallest absolute Gasteiger partial charge is 0.327 e. The molecule has 36 heavy (non-hydrogen) atoms. The maximum absolute atomic E-state index is 14.4. The predicted octanol–water partition coefficient (Wildman–Crippen LogP) is 5.62. The molecular formula is C29H31FN2O4. The van der Waals surface area contributed by atoms with Gasteiger partial charge in [-0.2, -0.15) is 5.90 Å². The molecule has 0 spiro atoms. The summed E-state index contributed by atoms with van der Waals surface area (Å²) in [6.45, 7) is 2.38. The van der Waals surface area contributed by atoms with E-state index in [9.17, 15) is 9.18 Å². The van der Waals surface area contributed by atoms with Crippen LogP contribution in [0.4, 0.5) is 10.1 Å². The highest BCUT2D eigenvalue weighted by molar-refractivity contribution is 5.74. The van der Waals surface area contributed by atoms with Crippen molar-refractivity contribution >= 4 is 11.7 Å². The Balaban J connectivity index is 1.41. The number of halogens is 1. The lowest BCUT2D eigenvalue weighted by Gasteiger charge is -2.37. The number of hydrogen-bond donors (Lipinski definition) is 1. The number of fused-ring (bicyclic) bond motifs is 1. The van der Waals surface area contributed by atoms with Crippen molar-refractivity contribution in [3.05, 3.63) is 77.6 Å². The summed E-state index contributed by atoms with van der Waals surface area (Å²) in [6.07, 6.45) is 2.19. The van der Waals surface area contributed by atoms with Crippen LogP contribution in [0.3, 0.4) is 0 Å². The zero-order valence-electron chi connectivity index (χ0n) is 20.7. The van der Waals surface area contributed by atoms with Gasteiger partial charge in [0.1, 0.15) is 23.9 Å². The van der Waals surface area contributed by atoms with E-state index < -0.39 is 0 Å². The molecule has 0 aromatic heterocycles. The quantitative estimate of drug-likeness (QED) is 0.434. The average Bonchev–Trinajstić information content (AvgIpc) is 3.74. The van der Waals surface area contributed by atoms with Crippen LogP contribution in [0.5, 0.6) is 11.5 Å². The largest absolute Gasteiger partial charge is 0.497 e. The fourth-order valence-corrected chi connectivity index (χ4v) is 5.32. The predicted molar refractivity (Wildman–Crippen MR) is 136 cm³/mol. The normalized spacial score (nSPS) is 18.6. The van der Waals surface area contributed by atoms with Gasteiger partial charge < -0.3 is 19.2 Å². The summed E-state index contributed by atoms with van der Waals surface area (Å²) in [5.41, 5.74) is 4.42. The van der Waals surface area contributed by atoms with Crippen molar-refractivity contribution in [3.63, 3.8) is 0 Å². The van der Waals surface area contributed by atoms with E-state index in [-0.39, 0.29) is 29.7 Å². The Kier molecular flexibility index (Phi) is 6.58. The summed E-state index contributed by atoms with van der Waals surface area (Å²) in [6, 6.07) is 18.8. The number of ether oxygens (including phenoxy) is 2. The molecule has 3 aromatic carbocycles. The fraction of sp³-hybridized carbons (Fsp3) is 0.345. The van der Waals surface area contributed by atoms with Gasteiger partial charge in [0.15, 0.2) is 0 Å². The SMILES string of the molecule is COc1ccc(F)c(-c2ccc(C3COc4ccc([C@H](C5CC5)[C@H](C)C(=O)ON)cc4N3C)cc2)c1. The van der Waals surface area contributed by atoms with Gasteiger partial charge in [0, 0.05) is 12.6 Å². The molecule has 1 saturated carbocycles. The second-order valence-corrected chi connectivity index (χ2v) is 9.72. The van der Waals surface area contributed by atoms with Crippen molar-refractivity contribution < 1.29 is 23.5 Å². The number of likely N-dealkylation sites (N-methyl/N-ethyl adjacent to an activating group) is 1. The monoisotopic (exact) mass is 490 g/mol. The lowest BCUT2D eigenvalue weighted by Crippen LogP contribution is -2.33. The summed E-state index contributed by atoms with van der Waals surface area (Å²) < 4.78 is 25.8. The van der Waals surface area contributed by atoms with E-state index in [4.69, 9.17) is 15.4 Å². The Morgan fingerprint density at radius 1 is 1.11 bits per heavy atom. The average molecular weight is 491 g/mol. The second kappa shape index (κ2) is 9.82. The molecule has 0 saturated heterocycles. The minimum atomic E-state index is -0.389. The third-order valence-electron chi connectivity index (χ3n) is 7.55. The summed E-state index contributed by atoms with van der Waals surface area (Å²) in [5.74, 6) is 6.12. The highest BCUT2D eigenvalue weighted by atomic mass is 19.1. The van der Waals surface area contributed by atoms with Gasteiger partial charge in [-0.1, -0.05) is 37.3 Å². The number of rotatable bonds is 7. The Morgan fingerprint density at radius 3 is 2.53 bits per heavy atom. The lowest BCUT2D eigenvalue weighted by atomic mass is 9.83. The van der Waals surface area contributed by atoms with Crippen molar-refractivity contribution in [2.45, 2.75) is 31.7 Å². The highest BCUT2D eigenvalue weighted by Crippen LogP contribution is 2.49.